The molecular weight excluding hydrogens is 204 g/mol. The Labute approximate surface area is 94.1 Å². The summed E-state index contributed by atoms with van der Waals surface area (Å²) in [6.07, 6.45) is 2.10. The molecule has 1 aromatic heterocycles. The van der Waals surface area contributed by atoms with E-state index >= 15 is 0 Å². The molecule has 2 aromatic rings. The summed E-state index contributed by atoms with van der Waals surface area (Å²) in [6.45, 7) is 4.10. The second-order valence-electron chi connectivity index (χ2n) is 3.51. The summed E-state index contributed by atoms with van der Waals surface area (Å²) in [6, 6.07) is 8.43. The predicted molar refractivity (Wildman–Crippen MR) is 65.3 cm³/mol. The standard InChI is InChI=1S/C12H14N2S/c1-8-12(9(2)14-13-8)10-6-4-5-7-11(10)15-3/h4-7H,1-3H3,(H,13,14). The van der Waals surface area contributed by atoms with Crippen LogP contribution in [0.1, 0.15) is 11.4 Å². The maximum atomic E-state index is 4.23. The molecule has 1 aromatic carbocycles. The number of H-pyrrole nitrogens is 1. The molecule has 0 aliphatic heterocycles. The normalized spacial score (nSPS) is 10.6. The largest absolute Gasteiger partial charge is 0.282 e. The summed E-state index contributed by atoms with van der Waals surface area (Å²) in [5, 5.41) is 7.26. The van der Waals surface area contributed by atoms with E-state index in [-0.39, 0.29) is 0 Å². The smallest absolute Gasteiger partial charge is 0.0672 e. The zero-order valence-electron chi connectivity index (χ0n) is 9.16. The third kappa shape index (κ3) is 1.79. The zero-order chi connectivity index (χ0) is 10.8. The predicted octanol–water partition coefficient (Wildman–Crippen LogP) is 3.42. The molecule has 1 heterocycles. The molecule has 0 fully saturated rings. The van der Waals surface area contributed by atoms with Crippen molar-refractivity contribution in [2.75, 3.05) is 6.26 Å². The van der Waals surface area contributed by atoms with Gasteiger partial charge in [0.25, 0.3) is 0 Å². The van der Waals surface area contributed by atoms with Gasteiger partial charge in [-0.3, -0.25) is 5.10 Å². The van der Waals surface area contributed by atoms with Crippen LogP contribution in [0.2, 0.25) is 0 Å². The van der Waals surface area contributed by atoms with Gasteiger partial charge in [-0.1, -0.05) is 18.2 Å². The highest BCUT2D eigenvalue weighted by atomic mass is 32.2. The van der Waals surface area contributed by atoms with Crippen molar-refractivity contribution in [2.45, 2.75) is 18.7 Å². The summed E-state index contributed by atoms with van der Waals surface area (Å²) >= 11 is 1.77. The van der Waals surface area contributed by atoms with Crippen molar-refractivity contribution in [1.82, 2.24) is 10.2 Å². The highest BCUT2D eigenvalue weighted by Crippen LogP contribution is 2.32. The molecule has 0 saturated heterocycles. The highest BCUT2D eigenvalue weighted by Gasteiger charge is 2.11. The lowest BCUT2D eigenvalue weighted by Crippen LogP contribution is -1.84. The topological polar surface area (TPSA) is 28.7 Å². The van der Waals surface area contributed by atoms with Gasteiger partial charge in [-0.05, 0) is 31.7 Å². The SMILES string of the molecule is CSc1ccccc1-c1c(C)n[nH]c1C. The first-order valence-electron chi connectivity index (χ1n) is 4.89. The number of benzene rings is 1. The van der Waals surface area contributed by atoms with Crippen LogP contribution in [0.5, 0.6) is 0 Å². The van der Waals surface area contributed by atoms with Crippen LogP contribution in [0.3, 0.4) is 0 Å². The Bertz CT molecular complexity index is 455. The third-order valence-electron chi connectivity index (χ3n) is 2.50. The van der Waals surface area contributed by atoms with Crippen LogP contribution in [0.25, 0.3) is 11.1 Å². The van der Waals surface area contributed by atoms with Crippen LogP contribution in [0.4, 0.5) is 0 Å². The van der Waals surface area contributed by atoms with Crippen LogP contribution < -0.4 is 0 Å². The Morgan fingerprint density at radius 2 is 1.93 bits per heavy atom. The van der Waals surface area contributed by atoms with Crippen LogP contribution in [-0.4, -0.2) is 16.5 Å². The fraction of sp³-hybridized carbons (Fsp3) is 0.250. The number of hydrogen-bond donors (Lipinski definition) is 1. The van der Waals surface area contributed by atoms with Crippen molar-refractivity contribution < 1.29 is 0 Å². The summed E-state index contributed by atoms with van der Waals surface area (Å²) in [4.78, 5) is 1.30. The van der Waals surface area contributed by atoms with Crippen molar-refractivity contribution in [1.29, 1.82) is 0 Å². The molecule has 0 saturated carbocycles. The molecule has 15 heavy (non-hydrogen) atoms. The summed E-state index contributed by atoms with van der Waals surface area (Å²) in [5.74, 6) is 0. The van der Waals surface area contributed by atoms with E-state index in [1.807, 2.05) is 6.92 Å². The van der Waals surface area contributed by atoms with Gasteiger partial charge in [-0.15, -0.1) is 11.8 Å². The molecule has 3 heteroatoms. The van der Waals surface area contributed by atoms with E-state index < -0.39 is 0 Å². The molecule has 0 aliphatic rings. The Balaban J connectivity index is 2.63. The Morgan fingerprint density at radius 3 is 2.53 bits per heavy atom. The van der Waals surface area contributed by atoms with Gasteiger partial charge in [-0.25, -0.2) is 0 Å². The maximum absolute atomic E-state index is 4.23. The lowest BCUT2D eigenvalue weighted by Gasteiger charge is -2.06. The van der Waals surface area contributed by atoms with E-state index in [9.17, 15) is 0 Å². The van der Waals surface area contributed by atoms with E-state index in [1.165, 1.54) is 16.0 Å². The Kier molecular flexibility index (Phi) is 2.82. The second kappa shape index (κ2) is 4.11. The molecule has 0 amide bonds. The second-order valence-corrected chi connectivity index (χ2v) is 4.36. The molecule has 0 unspecified atom stereocenters. The van der Waals surface area contributed by atoms with E-state index in [4.69, 9.17) is 0 Å². The quantitative estimate of drug-likeness (QED) is 0.782. The number of nitrogens with one attached hydrogen (secondary N) is 1. The average molecular weight is 218 g/mol. The molecular formula is C12H14N2S. The number of hydrogen-bond acceptors (Lipinski definition) is 2. The van der Waals surface area contributed by atoms with Gasteiger partial charge in [-0.2, -0.15) is 5.10 Å². The Morgan fingerprint density at radius 1 is 1.20 bits per heavy atom. The first-order valence-corrected chi connectivity index (χ1v) is 6.11. The fourth-order valence-corrected chi connectivity index (χ4v) is 2.40. The van der Waals surface area contributed by atoms with Crippen LogP contribution >= 0.6 is 11.8 Å². The van der Waals surface area contributed by atoms with Gasteiger partial charge in [0.15, 0.2) is 0 Å². The van der Waals surface area contributed by atoms with Crippen LogP contribution in [0.15, 0.2) is 29.2 Å². The molecule has 0 spiro atoms. The maximum Gasteiger partial charge on any atom is 0.0672 e. The van der Waals surface area contributed by atoms with Crippen LogP contribution in [0, 0.1) is 13.8 Å². The van der Waals surface area contributed by atoms with Crippen molar-refractivity contribution in [3.8, 4) is 11.1 Å². The van der Waals surface area contributed by atoms with Gasteiger partial charge < -0.3 is 0 Å². The zero-order valence-corrected chi connectivity index (χ0v) is 9.98. The molecule has 0 aliphatic carbocycles. The summed E-state index contributed by atoms with van der Waals surface area (Å²) in [7, 11) is 0. The third-order valence-corrected chi connectivity index (χ3v) is 3.30. The minimum atomic E-state index is 1.06. The van der Waals surface area contributed by atoms with E-state index in [2.05, 4.69) is 47.6 Å². The van der Waals surface area contributed by atoms with Gasteiger partial charge in [0, 0.05) is 16.2 Å². The fourth-order valence-electron chi connectivity index (χ4n) is 1.80. The summed E-state index contributed by atoms with van der Waals surface area (Å²) in [5.41, 5.74) is 4.71. The van der Waals surface area contributed by atoms with Crippen molar-refractivity contribution in [2.24, 2.45) is 0 Å². The van der Waals surface area contributed by atoms with Gasteiger partial charge in [0.2, 0.25) is 0 Å². The van der Waals surface area contributed by atoms with Crippen molar-refractivity contribution in [3.05, 3.63) is 35.7 Å². The van der Waals surface area contributed by atoms with Gasteiger partial charge >= 0.3 is 0 Å². The number of aromatic nitrogens is 2. The molecule has 0 radical (unpaired) electrons. The van der Waals surface area contributed by atoms with E-state index in [0.29, 0.717) is 0 Å². The number of nitrogens with zero attached hydrogens (tertiary/aromatic N) is 1. The first-order chi connectivity index (χ1) is 7.24. The van der Waals surface area contributed by atoms with Crippen molar-refractivity contribution in [3.63, 3.8) is 0 Å². The molecule has 2 rings (SSSR count). The monoisotopic (exact) mass is 218 g/mol. The Hall–Kier alpha value is -1.22. The van der Waals surface area contributed by atoms with E-state index in [1.54, 1.807) is 11.8 Å². The number of thioether (sulfide) groups is 1. The lowest BCUT2D eigenvalue weighted by atomic mass is 10.0. The highest BCUT2D eigenvalue weighted by molar-refractivity contribution is 7.98. The molecule has 1 N–H and O–H groups in total. The van der Waals surface area contributed by atoms with Gasteiger partial charge in [0.05, 0.1) is 5.69 Å². The molecule has 0 atom stereocenters. The molecule has 78 valence electrons. The minimum absolute atomic E-state index is 1.06. The molecule has 2 nitrogen and oxygen atoms in total. The average Bonchev–Trinajstić information content (AvgIpc) is 2.59. The van der Waals surface area contributed by atoms with Gasteiger partial charge in [0.1, 0.15) is 0 Å². The first kappa shape index (κ1) is 10.3. The van der Waals surface area contributed by atoms with E-state index in [0.717, 1.165) is 11.4 Å². The minimum Gasteiger partial charge on any atom is -0.282 e. The number of rotatable bonds is 2. The summed E-state index contributed by atoms with van der Waals surface area (Å²) < 4.78 is 0. The van der Waals surface area contributed by atoms with Crippen molar-refractivity contribution >= 4 is 11.8 Å². The molecule has 0 bridgehead atoms. The number of aromatic amines is 1. The number of aryl methyl sites for hydroxylation is 2. The lowest BCUT2D eigenvalue weighted by molar-refractivity contribution is 1.02. The van der Waals surface area contributed by atoms with Crippen LogP contribution in [-0.2, 0) is 0 Å².